The van der Waals surface area contributed by atoms with Crippen LogP contribution in [0.1, 0.15) is 75.4 Å². The van der Waals surface area contributed by atoms with Gasteiger partial charge in [-0.3, -0.25) is 24.0 Å². The summed E-state index contributed by atoms with van der Waals surface area (Å²) in [6.45, 7) is 2.46. The summed E-state index contributed by atoms with van der Waals surface area (Å²) in [4.78, 5) is 69.2. The van der Waals surface area contributed by atoms with E-state index in [0.29, 0.717) is 0 Å². The number of rotatable bonds is 6. The Hall–Kier alpha value is -4.55. The smallest absolute Gasteiger partial charge is 0.255 e. The molecule has 1 fully saturated rings. The van der Waals surface area contributed by atoms with E-state index in [1.165, 1.54) is 27.1 Å². The molecule has 1 heterocycles. The van der Waals surface area contributed by atoms with Crippen LogP contribution in [0.4, 0.5) is 0 Å². The van der Waals surface area contributed by atoms with E-state index in [0.717, 1.165) is 19.3 Å². The molecule has 0 saturated carbocycles. The van der Waals surface area contributed by atoms with Crippen LogP contribution in [0.15, 0.2) is 23.9 Å². The third-order valence-corrected chi connectivity index (χ3v) is 10.4. The second kappa shape index (κ2) is 12.1. The Morgan fingerprint density at radius 3 is 2.32 bits per heavy atom. The molecule has 2 aromatic rings. The van der Waals surface area contributed by atoms with Crippen molar-refractivity contribution in [3.05, 3.63) is 68.4 Å². The molecule has 0 unspecified atom stereocenters. The van der Waals surface area contributed by atoms with Gasteiger partial charge in [0.15, 0.2) is 17.0 Å². The quantitative estimate of drug-likeness (QED) is 0.179. The number of methoxy groups -OCH3 is 2. The van der Waals surface area contributed by atoms with E-state index < -0.39 is 135 Å². The lowest BCUT2D eigenvalue weighted by atomic mass is 9.56. The van der Waals surface area contributed by atoms with Crippen molar-refractivity contribution >= 4 is 29.0 Å². The fourth-order valence-corrected chi connectivity index (χ4v) is 7.95. The van der Waals surface area contributed by atoms with Crippen LogP contribution in [0.3, 0.4) is 0 Å². The zero-order valence-corrected chi connectivity index (χ0v) is 27.6. The van der Waals surface area contributed by atoms with E-state index in [1.54, 1.807) is 6.92 Å². The third-order valence-electron chi connectivity index (χ3n) is 10.4. The van der Waals surface area contributed by atoms with Gasteiger partial charge in [0.25, 0.3) is 5.91 Å². The predicted molar refractivity (Wildman–Crippen MR) is 168 cm³/mol. The monoisotopic (exact) mass is 696 g/mol. The summed E-state index contributed by atoms with van der Waals surface area (Å²) in [5.74, 6) is -8.43. The average Bonchev–Trinajstić information content (AvgIpc) is 3.05. The highest BCUT2D eigenvalue weighted by Gasteiger charge is 2.72. The Balaban J connectivity index is 1.51. The molecule has 1 aliphatic heterocycles. The SMILES string of the molecule is CNC(=O)c1c(C)cc2c(c1O)[C@]1(O)C(=O)c3cc4c(c(O)c3C(=O)[C@]1(OC)[C@H](O)C2)C(=O)C=C(N[C@H]1O[C@@H](C)[C@H](OC)[C@@H](O)[C@H]1CO)C4=O. The van der Waals surface area contributed by atoms with Crippen molar-refractivity contribution in [3.8, 4) is 11.5 Å². The first kappa shape index (κ1) is 35.3. The number of aliphatic hydroxyl groups excluding tert-OH is 3. The van der Waals surface area contributed by atoms with Crippen molar-refractivity contribution in [2.75, 3.05) is 27.9 Å². The molecule has 50 heavy (non-hydrogen) atoms. The van der Waals surface area contributed by atoms with Crippen LogP contribution < -0.4 is 10.6 Å². The molecular weight excluding hydrogens is 660 g/mol. The number of Topliss-reactive ketones (excluding diaryl/α,β-unsaturated/α-hetero) is 3. The Kier molecular flexibility index (Phi) is 8.50. The molecule has 266 valence electrons. The summed E-state index contributed by atoms with van der Waals surface area (Å²) in [5.41, 5.74) is -9.94. The summed E-state index contributed by atoms with van der Waals surface area (Å²) in [6.07, 6.45) is -5.57. The molecule has 0 radical (unpaired) electrons. The first-order valence-corrected chi connectivity index (χ1v) is 15.6. The highest BCUT2D eigenvalue weighted by atomic mass is 16.6. The number of hydrogen-bond donors (Lipinski definition) is 8. The summed E-state index contributed by atoms with van der Waals surface area (Å²) in [7, 11) is 3.56. The van der Waals surface area contributed by atoms with Crippen LogP contribution in [0, 0.1) is 12.8 Å². The van der Waals surface area contributed by atoms with E-state index in [9.17, 15) is 54.6 Å². The van der Waals surface area contributed by atoms with Crippen molar-refractivity contribution < 1.29 is 68.8 Å². The largest absolute Gasteiger partial charge is 0.507 e. The maximum atomic E-state index is 14.6. The summed E-state index contributed by atoms with van der Waals surface area (Å²) >= 11 is 0. The number of carbonyl (C=O) groups is 5. The minimum absolute atomic E-state index is 0.0147. The Morgan fingerprint density at radius 1 is 1.04 bits per heavy atom. The number of carbonyl (C=O) groups excluding carboxylic acids is 5. The van der Waals surface area contributed by atoms with E-state index in [4.69, 9.17) is 14.2 Å². The maximum Gasteiger partial charge on any atom is 0.255 e. The number of ether oxygens (including phenoxy) is 3. The standard InChI is InChI=1S/C34H36N2O14/c1-11-6-13-7-19(39)34(49-5)30(45)22-15(29(44)33(34,47)23(13)27(43)20(11)31(46)35-3)8-14-21(26(22)42)18(38)9-17(24(14)40)36-32-16(10-37)25(41)28(48-4)12(2)50-32/h6,8-9,12,16,19,25,28,32,36-37,39,41-43,47H,7,10H2,1-5H3,(H,35,46)/t12-,16+,19+,25-,28-,32-,33-,34+/m0/s1. The van der Waals surface area contributed by atoms with Gasteiger partial charge in [-0.15, -0.1) is 0 Å². The number of aliphatic hydroxyl groups is 4. The van der Waals surface area contributed by atoms with Gasteiger partial charge in [0, 0.05) is 50.5 Å². The van der Waals surface area contributed by atoms with E-state index in [2.05, 4.69) is 10.6 Å². The molecule has 16 nitrogen and oxygen atoms in total. The zero-order valence-electron chi connectivity index (χ0n) is 27.6. The van der Waals surface area contributed by atoms with Crippen LogP contribution in [0.25, 0.3) is 0 Å². The number of nitrogens with one attached hydrogen (secondary N) is 2. The third kappa shape index (κ3) is 4.40. The minimum atomic E-state index is -3.22. The average molecular weight is 697 g/mol. The number of phenolic OH excluding ortho intramolecular Hbond substituents is 2. The molecular formula is C34H36N2O14. The van der Waals surface area contributed by atoms with Gasteiger partial charge in [-0.2, -0.15) is 0 Å². The number of aryl methyl sites for hydroxylation is 1. The molecule has 8 N–H and O–H groups in total. The Labute approximate surface area is 284 Å². The lowest BCUT2D eigenvalue weighted by Crippen LogP contribution is -2.73. The molecule has 16 heteroatoms. The number of amides is 1. The van der Waals surface area contributed by atoms with Crippen molar-refractivity contribution in [2.45, 2.75) is 62.1 Å². The van der Waals surface area contributed by atoms with E-state index in [-0.39, 0.29) is 16.7 Å². The van der Waals surface area contributed by atoms with E-state index >= 15 is 0 Å². The van der Waals surface area contributed by atoms with Crippen LogP contribution in [-0.4, -0.2) is 124 Å². The van der Waals surface area contributed by atoms with Crippen LogP contribution in [0.5, 0.6) is 11.5 Å². The van der Waals surface area contributed by atoms with Crippen molar-refractivity contribution in [2.24, 2.45) is 5.92 Å². The van der Waals surface area contributed by atoms with Crippen molar-refractivity contribution in [3.63, 3.8) is 0 Å². The Morgan fingerprint density at radius 2 is 1.72 bits per heavy atom. The van der Waals surface area contributed by atoms with Gasteiger partial charge >= 0.3 is 0 Å². The van der Waals surface area contributed by atoms with Gasteiger partial charge in [-0.1, -0.05) is 6.07 Å². The minimum Gasteiger partial charge on any atom is -0.507 e. The summed E-state index contributed by atoms with van der Waals surface area (Å²) in [6, 6.07) is 2.20. The van der Waals surface area contributed by atoms with Gasteiger partial charge < -0.3 is 55.5 Å². The normalized spacial score (nSPS) is 31.7. The van der Waals surface area contributed by atoms with Crippen LogP contribution in [-0.2, 0) is 26.2 Å². The number of hydrogen-bond acceptors (Lipinski definition) is 15. The van der Waals surface area contributed by atoms with Gasteiger partial charge in [0.05, 0.1) is 53.2 Å². The molecule has 8 atom stereocenters. The molecule has 6 rings (SSSR count). The highest BCUT2D eigenvalue weighted by Crippen LogP contribution is 2.56. The Bertz CT molecular complexity index is 1920. The number of phenols is 2. The predicted octanol–water partition coefficient (Wildman–Crippen LogP) is -1.08. The summed E-state index contributed by atoms with van der Waals surface area (Å²) in [5, 5.41) is 72.6. The molecule has 1 amide bonds. The van der Waals surface area contributed by atoms with Gasteiger partial charge in [-0.25, -0.2) is 0 Å². The second-order valence-corrected chi connectivity index (χ2v) is 12.8. The molecule has 0 aromatic heterocycles. The van der Waals surface area contributed by atoms with Crippen LogP contribution in [0.2, 0.25) is 0 Å². The number of aromatic hydroxyl groups is 2. The van der Waals surface area contributed by atoms with E-state index in [1.807, 2.05) is 0 Å². The zero-order chi connectivity index (χ0) is 36.8. The molecule has 2 aromatic carbocycles. The molecule has 3 aliphatic carbocycles. The molecule has 0 bridgehead atoms. The number of fused-ring (bicyclic) bond motifs is 5. The first-order chi connectivity index (χ1) is 23.6. The molecule has 1 saturated heterocycles. The topological polar surface area (TPSA) is 258 Å². The van der Waals surface area contributed by atoms with Gasteiger partial charge in [0.1, 0.15) is 23.8 Å². The number of ketones is 4. The lowest BCUT2D eigenvalue weighted by molar-refractivity contribution is -0.214. The van der Waals surface area contributed by atoms with Gasteiger partial charge in [0.2, 0.25) is 17.3 Å². The molecule has 0 spiro atoms. The van der Waals surface area contributed by atoms with Crippen LogP contribution >= 0.6 is 0 Å². The second-order valence-electron chi connectivity index (χ2n) is 12.8. The number of benzene rings is 2. The lowest BCUT2D eigenvalue weighted by Gasteiger charge is -2.53. The number of allylic oxidation sites excluding steroid dienone is 2. The first-order valence-electron chi connectivity index (χ1n) is 15.6. The van der Waals surface area contributed by atoms with Crippen molar-refractivity contribution in [1.82, 2.24) is 10.6 Å². The summed E-state index contributed by atoms with van der Waals surface area (Å²) < 4.78 is 16.6. The molecule has 4 aliphatic rings. The highest BCUT2D eigenvalue weighted by molar-refractivity contribution is 6.31. The van der Waals surface area contributed by atoms with Crippen molar-refractivity contribution in [1.29, 1.82) is 0 Å². The fraction of sp³-hybridized carbons (Fsp3) is 0.441. The fourth-order valence-electron chi connectivity index (χ4n) is 7.95. The van der Waals surface area contributed by atoms with Gasteiger partial charge in [-0.05, 0) is 31.0 Å². The maximum absolute atomic E-state index is 14.6.